The Hall–Kier alpha value is -3.78. The molecular formula is C22H17ClFN3O4. The molecule has 0 fully saturated rings. The van der Waals surface area contributed by atoms with Gasteiger partial charge in [0.1, 0.15) is 5.82 Å². The van der Waals surface area contributed by atoms with Crippen LogP contribution in [0.4, 0.5) is 20.6 Å². The van der Waals surface area contributed by atoms with Gasteiger partial charge in [0.2, 0.25) is 5.91 Å². The number of pyridine rings is 1. The van der Waals surface area contributed by atoms with Crippen LogP contribution in [0.5, 0.6) is 0 Å². The second kappa shape index (κ2) is 9.36. The Balaban J connectivity index is 1.75. The summed E-state index contributed by atoms with van der Waals surface area (Å²) in [4.78, 5) is 40.1. The molecule has 0 aliphatic carbocycles. The molecule has 1 heterocycles. The second-order valence-electron chi connectivity index (χ2n) is 6.66. The number of nitrogens with one attached hydrogen (secondary N) is 2. The lowest BCUT2D eigenvalue weighted by molar-refractivity contribution is -0.115. The van der Waals surface area contributed by atoms with Crippen LogP contribution in [0.25, 0.3) is 11.1 Å². The third-order valence-corrected chi connectivity index (χ3v) is 4.62. The number of carboxylic acid groups (broad SMARTS) is 1. The summed E-state index contributed by atoms with van der Waals surface area (Å²) in [5.74, 6) is -2.01. The van der Waals surface area contributed by atoms with Gasteiger partial charge in [-0.2, -0.15) is 0 Å². The molecule has 158 valence electrons. The number of Topliss-reactive ketones (excluding diaryl/α,β-unsaturated/α-hetero) is 1. The van der Waals surface area contributed by atoms with E-state index >= 15 is 0 Å². The first-order chi connectivity index (χ1) is 14.7. The van der Waals surface area contributed by atoms with E-state index < -0.39 is 30.0 Å². The molecule has 0 bridgehead atoms. The molecule has 0 unspecified atom stereocenters. The van der Waals surface area contributed by atoms with Crippen LogP contribution in [0.15, 0.2) is 54.7 Å². The highest BCUT2D eigenvalue weighted by Crippen LogP contribution is 2.29. The summed E-state index contributed by atoms with van der Waals surface area (Å²) < 4.78 is 13.6. The highest BCUT2D eigenvalue weighted by Gasteiger charge is 2.17. The van der Waals surface area contributed by atoms with Gasteiger partial charge in [-0.05, 0) is 30.7 Å². The van der Waals surface area contributed by atoms with Gasteiger partial charge in [-0.1, -0.05) is 35.9 Å². The Morgan fingerprint density at radius 1 is 1.03 bits per heavy atom. The average molecular weight is 442 g/mol. The molecule has 0 aliphatic rings. The van der Waals surface area contributed by atoms with Crippen molar-refractivity contribution >= 4 is 40.8 Å². The number of ketones is 1. The summed E-state index contributed by atoms with van der Waals surface area (Å²) in [7, 11) is 0. The Kier molecular flexibility index (Phi) is 6.61. The van der Waals surface area contributed by atoms with Gasteiger partial charge in [-0.3, -0.25) is 19.9 Å². The number of carbonyl (C=O) groups is 3. The Morgan fingerprint density at radius 3 is 2.45 bits per heavy atom. The van der Waals surface area contributed by atoms with Gasteiger partial charge in [0, 0.05) is 29.1 Å². The third-order valence-electron chi connectivity index (χ3n) is 4.33. The number of amides is 2. The highest BCUT2D eigenvalue weighted by atomic mass is 35.5. The van der Waals surface area contributed by atoms with E-state index in [1.165, 1.54) is 0 Å². The van der Waals surface area contributed by atoms with Gasteiger partial charge >= 0.3 is 6.09 Å². The monoisotopic (exact) mass is 441 g/mol. The molecule has 0 aliphatic heterocycles. The normalized spacial score (nSPS) is 10.4. The van der Waals surface area contributed by atoms with E-state index in [1.54, 1.807) is 24.4 Å². The summed E-state index contributed by atoms with van der Waals surface area (Å²) >= 11 is 5.72. The number of nitrogens with zero attached hydrogens (tertiary/aromatic N) is 1. The van der Waals surface area contributed by atoms with Crippen molar-refractivity contribution in [2.45, 2.75) is 13.3 Å². The van der Waals surface area contributed by atoms with E-state index in [0.29, 0.717) is 5.56 Å². The number of rotatable bonds is 6. The summed E-state index contributed by atoms with van der Waals surface area (Å²) in [6.07, 6.45) is -0.256. The first kappa shape index (κ1) is 21.9. The molecule has 31 heavy (non-hydrogen) atoms. The van der Waals surface area contributed by atoms with E-state index in [9.17, 15) is 18.8 Å². The first-order valence-corrected chi connectivity index (χ1v) is 9.46. The predicted molar refractivity (Wildman–Crippen MR) is 115 cm³/mol. The van der Waals surface area contributed by atoms with Crippen molar-refractivity contribution in [1.82, 2.24) is 4.98 Å². The number of benzene rings is 2. The van der Waals surface area contributed by atoms with Crippen LogP contribution in [0, 0.1) is 12.7 Å². The van der Waals surface area contributed by atoms with Crippen LogP contribution >= 0.6 is 11.6 Å². The number of anilines is 2. The van der Waals surface area contributed by atoms with Crippen LogP contribution < -0.4 is 10.6 Å². The topological polar surface area (TPSA) is 108 Å². The van der Waals surface area contributed by atoms with Gasteiger partial charge in [-0.25, -0.2) is 9.18 Å². The number of hydrogen-bond donors (Lipinski definition) is 3. The predicted octanol–water partition coefficient (Wildman–Crippen LogP) is 5.15. The Bertz CT molecular complexity index is 1170. The summed E-state index contributed by atoms with van der Waals surface area (Å²) in [6, 6.07) is 12.4. The van der Waals surface area contributed by atoms with E-state index in [2.05, 4.69) is 10.3 Å². The largest absolute Gasteiger partial charge is 0.465 e. The van der Waals surface area contributed by atoms with E-state index in [4.69, 9.17) is 16.7 Å². The van der Waals surface area contributed by atoms with Crippen molar-refractivity contribution in [3.8, 4) is 11.1 Å². The zero-order valence-electron chi connectivity index (χ0n) is 16.3. The van der Waals surface area contributed by atoms with Crippen LogP contribution in [0.3, 0.4) is 0 Å². The molecule has 2 amide bonds. The standard InChI is InChI=1S/C22H17ClFN3O4/c1-12-5-6-15(11-25-12)13-3-2-4-14(7-13)20(28)10-21(29)26-18-8-16(23)17(24)9-19(18)27-22(30)31/h2-9,11,27H,10H2,1H3,(H,26,29)(H,30,31). The van der Waals surface area contributed by atoms with Gasteiger partial charge in [0.15, 0.2) is 5.78 Å². The van der Waals surface area contributed by atoms with Gasteiger partial charge < -0.3 is 10.4 Å². The Morgan fingerprint density at radius 2 is 1.77 bits per heavy atom. The molecule has 2 aromatic carbocycles. The lowest BCUT2D eigenvalue weighted by atomic mass is 10.0. The smallest absolute Gasteiger partial charge is 0.409 e. The summed E-state index contributed by atoms with van der Waals surface area (Å²) in [5.41, 5.74) is 2.53. The van der Waals surface area contributed by atoms with Crippen molar-refractivity contribution in [2.75, 3.05) is 10.6 Å². The fraction of sp³-hybridized carbons (Fsp3) is 0.0909. The van der Waals surface area contributed by atoms with Gasteiger partial charge in [0.05, 0.1) is 22.8 Å². The zero-order valence-corrected chi connectivity index (χ0v) is 17.0. The van der Waals surface area contributed by atoms with Crippen molar-refractivity contribution in [1.29, 1.82) is 0 Å². The van der Waals surface area contributed by atoms with Crippen LogP contribution in [0.2, 0.25) is 5.02 Å². The van der Waals surface area contributed by atoms with Crippen LogP contribution in [-0.4, -0.2) is 27.9 Å². The van der Waals surface area contributed by atoms with E-state index in [-0.39, 0.29) is 16.4 Å². The molecule has 0 radical (unpaired) electrons. The average Bonchev–Trinajstić information content (AvgIpc) is 2.72. The lowest BCUT2D eigenvalue weighted by Gasteiger charge is -2.12. The third kappa shape index (κ3) is 5.64. The Labute approximate surface area is 181 Å². The minimum Gasteiger partial charge on any atom is -0.465 e. The van der Waals surface area contributed by atoms with Crippen LogP contribution in [-0.2, 0) is 4.79 Å². The van der Waals surface area contributed by atoms with Crippen molar-refractivity contribution in [2.24, 2.45) is 0 Å². The fourth-order valence-electron chi connectivity index (χ4n) is 2.82. The van der Waals surface area contributed by atoms with Gasteiger partial charge in [-0.15, -0.1) is 0 Å². The highest BCUT2D eigenvalue weighted by molar-refractivity contribution is 6.31. The number of aromatic nitrogens is 1. The number of halogens is 2. The molecule has 1 aromatic heterocycles. The second-order valence-corrected chi connectivity index (χ2v) is 7.07. The molecule has 3 rings (SSSR count). The number of aryl methyl sites for hydroxylation is 1. The maximum absolute atomic E-state index is 13.6. The first-order valence-electron chi connectivity index (χ1n) is 9.08. The SMILES string of the molecule is Cc1ccc(-c2cccc(C(=O)CC(=O)Nc3cc(Cl)c(F)cc3NC(=O)O)c2)cn1. The lowest BCUT2D eigenvalue weighted by Crippen LogP contribution is -2.18. The molecule has 0 spiro atoms. The molecular weight excluding hydrogens is 425 g/mol. The number of carbonyl (C=O) groups excluding carboxylic acids is 2. The maximum atomic E-state index is 13.6. The fourth-order valence-corrected chi connectivity index (χ4v) is 2.99. The molecule has 7 nitrogen and oxygen atoms in total. The minimum absolute atomic E-state index is 0.0638. The molecule has 0 atom stereocenters. The quantitative estimate of drug-likeness (QED) is 0.362. The van der Waals surface area contributed by atoms with Crippen molar-refractivity contribution < 1.29 is 23.9 Å². The molecule has 3 aromatic rings. The molecule has 0 saturated carbocycles. The van der Waals surface area contributed by atoms with Crippen molar-refractivity contribution in [3.63, 3.8) is 0 Å². The maximum Gasteiger partial charge on any atom is 0.409 e. The molecule has 3 N–H and O–H groups in total. The van der Waals surface area contributed by atoms with Crippen molar-refractivity contribution in [3.05, 3.63) is 76.8 Å². The van der Waals surface area contributed by atoms with E-state index in [0.717, 1.165) is 29.0 Å². The number of hydrogen-bond acceptors (Lipinski definition) is 4. The summed E-state index contributed by atoms with van der Waals surface area (Å²) in [5, 5.41) is 12.9. The van der Waals surface area contributed by atoms with E-state index in [1.807, 2.05) is 30.4 Å². The van der Waals surface area contributed by atoms with Crippen LogP contribution in [0.1, 0.15) is 22.5 Å². The molecule has 0 saturated heterocycles. The summed E-state index contributed by atoms with van der Waals surface area (Å²) in [6.45, 7) is 1.87. The zero-order chi connectivity index (χ0) is 22.5. The molecule has 9 heteroatoms. The minimum atomic E-state index is -1.45. The van der Waals surface area contributed by atoms with Gasteiger partial charge in [0.25, 0.3) is 0 Å².